The largest absolute Gasteiger partial charge is 0.506 e. The summed E-state index contributed by atoms with van der Waals surface area (Å²) in [4.78, 5) is 35.1. The molecular formula is C15H15NO6. The summed E-state index contributed by atoms with van der Waals surface area (Å²) in [5.74, 6) is -2.76. The van der Waals surface area contributed by atoms with Crippen LogP contribution in [0.4, 0.5) is 0 Å². The second-order valence-corrected chi connectivity index (χ2v) is 4.53. The number of pyridine rings is 1. The van der Waals surface area contributed by atoms with E-state index in [1.807, 2.05) is 0 Å². The van der Waals surface area contributed by atoms with Crippen LogP contribution in [0.15, 0.2) is 23.0 Å². The molecule has 0 aliphatic heterocycles. The number of carboxylic acid groups (broad SMARTS) is 1. The molecule has 0 unspecified atom stereocenters. The van der Waals surface area contributed by atoms with E-state index in [4.69, 9.17) is 9.84 Å². The Balaban J connectivity index is 2.84. The van der Waals surface area contributed by atoms with Gasteiger partial charge in [0.2, 0.25) is 0 Å². The molecule has 22 heavy (non-hydrogen) atoms. The molecule has 1 heterocycles. The lowest BCUT2D eigenvalue weighted by Crippen LogP contribution is -2.26. The molecule has 1 aromatic carbocycles. The van der Waals surface area contributed by atoms with E-state index >= 15 is 0 Å². The molecule has 0 spiro atoms. The Kier molecular flexibility index (Phi) is 4.16. The SMILES string of the molecule is CCOC(=O)c1ccc2c(c1)c(O)c(C(=O)O)c(=O)n2CC. The van der Waals surface area contributed by atoms with E-state index in [1.165, 1.54) is 22.8 Å². The molecule has 116 valence electrons. The summed E-state index contributed by atoms with van der Waals surface area (Å²) in [5, 5.41) is 19.3. The Bertz CT molecular complexity index is 821. The van der Waals surface area contributed by atoms with Gasteiger partial charge in [-0.3, -0.25) is 4.79 Å². The number of aromatic nitrogens is 1. The molecule has 0 radical (unpaired) electrons. The van der Waals surface area contributed by atoms with Crippen molar-refractivity contribution in [2.45, 2.75) is 20.4 Å². The lowest BCUT2D eigenvalue weighted by molar-refractivity contribution is 0.0526. The van der Waals surface area contributed by atoms with Crippen molar-refractivity contribution >= 4 is 22.8 Å². The van der Waals surface area contributed by atoms with Crippen molar-refractivity contribution in [3.63, 3.8) is 0 Å². The Morgan fingerprint density at radius 1 is 1.27 bits per heavy atom. The van der Waals surface area contributed by atoms with E-state index in [9.17, 15) is 19.5 Å². The van der Waals surface area contributed by atoms with Gasteiger partial charge in [-0.05, 0) is 32.0 Å². The number of hydrogen-bond donors (Lipinski definition) is 2. The highest BCUT2D eigenvalue weighted by Crippen LogP contribution is 2.27. The number of hydrogen-bond acceptors (Lipinski definition) is 5. The number of benzene rings is 1. The lowest BCUT2D eigenvalue weighted by Gasteiger charge is -2.12. The number of fused-ring (bicyclic) bond motifs is 1. The minimum atomic E-state index is -1.52. The second-order valence-electron chi connectivity index (χ2n) is 4.53. The van der Waals surface area contributed by atoms with Crippen molar-refractivity contribution in [3.05, 3.63) is 39.7 Å². The van der Waals surface area contributed by atoms with Gasteiger partial charge in [-0.1, -0.05) is 0 Å². The number of rotatable bonds is 4. The number of nitrogens with zero attached hydrogens (tertiary/aromatic N) is 1. The van der Waals surface area contributed by atoms with Crippen LogP contribution in [0.2, 0.25) is 0 Å². The van der Waals surface area contributed by atoms with Crippen molar-refractivity contribution in [1.29, 1.82) is 0 Å². The summed E-state index contributed by atoms with van der Waals surface area (Å²) < 4.78 is 6.10. The Labute approximate surface area is 125 Å². The Hall–Kier alpha value is -2.83. The molecule has 7 heteroatoms. The minimum Gasteiger partial charge on any atom is -0.506 e. The van der Waals surface area contributed by atoms with Gasteiger partial charge < -0.3 is 19.5 Å². The van der Waals surface area contributed by atoms with Gasteiger partial charge in [0.15, 0.2) is 5.56 Å². The smallest absolute Gasteiger partial charge is 0.345 e. The molecule has 0 bridgehead atoms. The Morgan fingerprint density at radius 2 is 1.95 bits per heavy atom. The number of aryl methyl sites for hydroxylation is 1. The number of aromatic hydroxyl groups is 1. The molecule has 0 amide bonds. The van der Waals surface area contributed by atoms with Crippen molar-refractivity contribution in [1.82, 2.24) is 4.57 Å². The average Bonchev–Trinajstić information content (AvgIpc) is 2.47. The molecule has 0 aliphatic rings. The van der Waals surface area contributed by atoms with E-state index in [1.54, 1.807) is 13.8 Å². The van der Waals surface area contributed by atoms with E-state index < -0.39 is 28.8 Å². The first-order valence-corrected chi connectivity index (χ1v) is 6.72. The van der Waals surface area contributed by atoms with Gasteiger partial charge >= 0.3 is 11.9 Å². The second kappa shape index (κ2) is 5.88. The van der Waals surface area contributed by atoms with E-state index in [0.29, 0.717) is 5.52 Å². The lowest BCUT2D eigenvalue weighted by atomic mass is 10.1. The highest BCUT2D eigenvalue weighted by molar-refractivity contribution is 6.01. The van der Waals surface area contributed by atoms with Crippen molar-refractivity contribution in [2.24, 2.45) is 0 Å². The van der Waals surface area contributed by atoms with Gasteiger partial charge in [0.05, 0.1) is 17.7 Å². The van der Waals surface area contributed by atoms with Crippen LogP contribution in [0.1, 0.15) is 34.6 Å². The zero-order chi connectivity index (χ0) is 16.4. The summed E-state index contributed by atoms with van der Waals surface area (Å²) in [5.41, 5.74) is -0.982. The molecule has 0 aliphatic carbocycles. The summed E-state index contributed by atoms with van der Waals surface area (Å²) in [6.07, 6.45) is 0. The van der Waals surface area contributed by atoms with E-state index in [0.717, 1.165) is 0 Å². The summed E-state index contributed by atoms with van der Waals surface area (Å²) in [7, 11) is 0. The first-order valence-electron chi connectivity index (χ1n) is 6.72. The van der Waals surface area contributed by atoms with Crippen LogP contribution < -0.4 is 5.56 Å². The predicted octanol–water partition coefficient (Wildman–Crippen LogP) is 1.60. The predicted molar refractivity (Wildman–Crippen MR) is 78.5 cm³/mol. The normalized spacial score (nSPS) is 10.6. The summed E-state index contributed by atoms with van der Waals surface area (Å²) in [6.45, 7) is 3.77. The van der Waals surface area contributed by atoms with Crippen molar-refractivity contribution in [2.75, 3.05) is 6.61 Å². The molecule has 1 aromatic heterocycles. The molecule has 0 saturated carbocycles. The fourth-order valence-electron chi connectivity index (χ4n) is 2.29. The quantitative estimate of drug-likeness (QED) is 0.831. The van der Waals surface area contributed by atoms with Gasteiger partial charge in [-0.25, -0.2) is 9.59 Å². The third-order valence-electron chi connectivity index (χ3n) is 3.28. The topological polar surface area (TPSA) is 106 Å². The van der Waals surface area contributed by atoms with Gasteiger partial charge in [-0.15, -0.1) is 0 Å². The van der Waals surface area contributed by atoms with E-state index in [-0.39, 0.29) is 24.1 Å². The number of carboxylic acids is 1. The molecule has 0 atom stereocenters. The first kappa shape index (κ1) is 15.6. The van der Waals surface area contributed by atoms with Gasteiger partial charge in [0, 0.05) is 11.9 Å². The van der Waals surface area contributed by atoms with Gasteiger partial charge in [-0.2, -0.15) is 0 Å². The maximum Gasteiger partial charge on any atom is 0.345 e. The zero-order valence-electron chi connectivity index (χ0n) is 12.1. The first-order chi connectivity index (χ1) is 10.4. The molecule has 7 nitrogen and oxygen atoms in total. The molecule has 2 N–H and O–H groups in total. The van der Waals surface area contributed by atoms with Crippen LogP contribution in [0.5, 0.6) is 5.75 Å². The van der Waals surface area contributed by atoms with Gasteiger partial charge in [0.25, 0.3) is 5.56 Å². The fraction of sp³-hybridized carbons (Fsp3) is 0.267. The number of carbonyl (C=O) groups is 2. The highest BCUT2D eigenvalue weighted by Gasteiger charge is 2.22. The molecule has 2 aromatic rings. The fourth-order valence-corrected chi connectivity index (χ4v) is 2.29. The maximum absolute atomic E-state index is 12.1. The van der Waals surface area contributed by atoms with E-state index in [2.05, 4.69) is 0 Å². The van der Waals surface area contributed by atoms with Gasteiger partial charge in [0.1, 0.15) is 5.75 Å². The zero-order valence-corrected chi connectivity index (χ0v) is 12.1. The summed E-state index contributed by atoms with van der Waals surface area (Å²) in [6, 6.07) is 4.27. The third kappa shape index (κ3) is 2.41. The maximum atomic E-state index is 12.1. The Morgan fingerprint density at radius 3 is 2.50 bits per heavy atom. The van der Waals surface area contributed by atoms with Crippen LogP contribution in [0.3, 0.4) is 0 Å². The molecule has 2 rings (SSSR count). The molecular weight excluding hydrogens is 290 g/mol. The average molecular weight is 305 g/mol. The van der Waals surface area contributed by atoms with Crippen LogP contribution in [-0.2, 0) is 11.3 Å². The van der Waals surface area contributed by atoms with Crippen molar-refractivity contribution < 1.29 is 24.5 Å². The molecule has 0 saturated heterocycles. The minimum absolute atomic E-state index is 0.115. The highest BCUT2D eigenvalue weighted by atomic mass is 16.5. The van der Waals surface area contributed by atoms with Crippen LogP contribution in [0.25, 0.3) is 10.9 Å². The molecule has 0 fully saturated rings. The number of esters is 1. The standard InChI is InChI=1S/C15H15NO6/c1-3-16-10-6-5-8(15(21)22-4-2)7-9(10)12(17)11(13(16)18)14(19)20/h5-7,17H,3-4H2,1-2H3,(H,19,20). The number of ether oxygens (including phenoxy) is 1. The van der Waals surface area contributed by atoms with Crippen LogP contribution in [0, 0.1) is 0 Å². The summed E-state index contributed by atoms with van der Waals surface area (Å²) >= 11 is 0. The van der Waals surface area contributed by atoms with Crippen LogP contribution >= 0.6 is 0 Å². The number of aromatic carboxylic acids is 1. The third-order valence-corrected chi connectivity index (χ3v) is 3.28. The number of carbonyl (C=O) groups excluding carboxylic acids is 1. The monoisotopic (exact) mass is 305 g/mol. The van der Waals surface area contributed by atoms with Crippen LogP contribution in [-0.4, -0.2) is 33.3 Å². The van der Waals surface area contributed by atoms with Crippen molar-refractivity contribution in [3.8, 4) is 5.75 Å².